The smallest absolute Gasteiger partial charge is 0.132 e. The highest BCUT2D eigenvalue weighted by atomic mass is 16.5. The lowest BCUT2D eigenvalue weighted by Crippen LogP contribution is -2.10. The molecule has 0 amide bonds. The first kappa shape index (κ1) is 14.7. The van der Waals surface area contributed by atoms with Gasteiger partial charge in [-0.1, -0.05) is 23.4 Å². The molecule has 1 N–H and O–H groups in total. The van der Waals surface area contributed by atoms with Gasteiger partial charge in [0.2, 0.25) is 0 Å². The van der Waals surface area contributed by atoms with Crippen molar-refractivity contribution in [2.24, 2.45) is 5.16 Å². The maximum atomic E-state index is 8.65. The molecule has 110 valence electrons. The fourth-order valence-electron chi connectivity index (χ4n) is 1.76. The van der Waals surface area contributed by atoms with Crippen LogP contribution in [0.3, 0.4) is 0 Å². The molecule has 21 heavy (non-hydrogen) atoms. The molecule has 0 saturated heterocycles. The predicted octanol–water partition coefficient (Wildman–Crippen LogP) is 2.96. The Kier molecular flexibility index (Phi) is 5.46. The van der Waals surface area contributed by atoms with E-state index in [1.165, 1.54) is 6.21 Å². The van der Waals surface area contributed by atoms with Crippen molar-refractivity contribution >= 4 is 6.21 Å². The topological polar surface area (TPSA) is 60.3 Å². The van der Waals surface area contributed by atoms with E-state index in [1.807, 2.05) is 30.3 Å². The summed E-state index contributed by atoms with van der Waals surface area (Å²) in [6.45, 7) is 0.783. The lowest BCUT2D eigenvalue weighted by Gasteiger charge is -2.11. The van der Waals surface area contributed by atoms with E-state index in [0.29, 0.717) is 30.3 Å². The van der Waals surface area contributed by atoms with Gasteiger partial charge in [-0.25, -0.2) is 0 Å². The maximum absolute atomic E-state index is 8.65. The SMILES string of the molecule is COc1ccc(/C=N/O)c(OCCOc2ccccc2)c1. The Labute approximate surface area is 123 Å². The first-order chi connectivity index (χ1) is 10.3. The van der Waals surface area contributed by atoms with Crippen LogP contribution in [0.15, 0.2) is 53.7 Å². The van der Waals surface area contributed by atoms with E-state index in [2.05, 4.69) is 5.16 Å². The average Bonchev–Trinajstić information content (AvgIpc) is 2.54. The van der Waals surface area contributed by atoms with E-state index in [9.17, 15) is 0 Å². The lowest BCUT2D eigenvalue weighted by molar-refractivity contribution is 0.216. The fraction of sp³-hybridized carbons (Fsp3) is 0.188. The Hall–Kier alpha value is -2.69. The Bertz CT molecular complexity index is 584. The van der Waals surface area contributed by atoms with Crippen molar-refractivity contribution in [2.75, 3.05) is 20.3 Å². The highest BCUT2D eigenvalue weighted by molar-refractivity contribution is 5.83. The summed E-state index contributed by atoms with van der Waals surface area (Å²) in [6.07, 6.45) is 1.31. The van der Waals surface area contributed by atoms with Gasteiger partial charge in [0, 0.05) is 11.6 Å². The Balaban J connectivity index is 1.92. The van der Waals surface area contributed by atoms with E-state index in [0.717, 1.165) is 5.75 Å². The van der Waals surface area contributed by atoms with Crippen LogP contribution in [0, 0.1) is 0 Å². The van der Waals surface area contributed by atoms with Gasteiger partial charge >= 0.3 is 0 Å². The average molecular weight is 287 g/mol. The minimum absolute atomic E-state index is 0.369. The summed E-state index contributed by atoms with van der Waals surface area (Å²) < 4.78 is 16.3. The van der Waals surface area contributed by atoms with Gasteiger partial charge in [0.1, 0.15) is 30.5 Å². The van der Waals surface area contributed by atoms with Crippen molar-refractivity contribution in [3.63, 3.8) is 0 Å². The van der Waals surface area contributed by atoms with Gasteiger partial charge < -0.3 is 19.4 Å². The van der Waals surface area contributed by atoms with Crippen LogP contribution in [-0.4, -0.2) is 31.7 Å². The van der Waals surface area contributed by atoms with Crippen LogP contribution in [0.1, 0.15) is 5.56 Å². The number of benzene rings is 2. The molecule has 0 spiro atoms. The Morgan fingerprint density at radius 2 is 1.76 bits per heavy atom. The van der Waals surface area contributed by atoms with Crippen LogP contribution >= 0.6 is 0 Å². The molecule has 0 saturated carbocycles. The summed E-state index contributed by atoms with van der Waals surface area (Å²) in [5.74, 6) is 2.04. The number of ether oxygens (including phenoxy) is 3. The molecule has 0 radical (unpaired) electrons. The quantitative estimate of drug-likeness (QED) is 0.368. The van der Waals surface area contributed by atoms with Gasteiger partial charge in [0.25, 0.3) is 0 Å². The van der Waals surface area contributed by atoms with E-state index in [1.54, 1.807) is 25.3 Å². The zero-order valence-electron chi connectivity index (χ0n) is 11.7. The van der Waals surface area contributed by atoms with Gasteiger partial charge in [0.05, 0.1) is 13.3 Å². The zero-order chi connectivity index (χ0) is 14.9. The number of para-hydroxylation sites is 1. The molecule has 0 heterocycles. The van der Waals surface area contributed by atoms with Crippen LogP contribution in [0.2, 0.25) is 0 Å². The Morgan fingerprint density at radius 3 is 2.48 bits per heavy atom. The second-order valence-electron chi connectivity index (χ2n) is 4.16. The second-order valence-corrected chi connectivity index (χ2v) is 4.16. The summed E-state index contributed by atoms with van der Waals surface area (Å²) in [5, 5.41) is 11.7. The van der Waals surface area contributed by atoms with Gasteiger partial charge in [-0.15, -0.1) is 0 Å². The molecule has 0 fully saturated rings. The lowest BCUT2D eigenvalue weighted by atomic mass is 10.2. The van der Waals surface area contributed by atoms with Gasteiger partial charge in [-0.05, 0) is 24.3 Å². The third-order valence-electron chi connectivity index (χ3n) is 2.77. The largest absolute Gasteiger partial charge is 0.497 e. The summed E-state index contributed by atoms with van der Waals surface area (Å²) in [7, 11) is 1.58. The minimum atomic E-state index is 0.369. The zero-order valence-corrected chi connectivity index (χ0v) is 11.7. The van der Waals surface area contributed by atoms with Gasteiger partial charge in [-0.3, -0.25) is 0 Å². The molecule has 0 unspecified atom stereocenters. The Morgan fingerprint density at radius 1 is 1.00 bits per heavy atom. The van der Waals surface area contributed by atoms with E-state index in [-0.39, 0.29) is 0 Å². The first-order valence-corrected chi connectivity index (χ1v) is 6.49. The number of nitrogens with zero attached hydrogens (tertiary/aromatic N) is 1. The van der Waals surface area contributed by atoms with E-state index in [4.69, 9.17) is 19.4 Å². The molecule has 2 aromatic carbocycles. The van der Waals surface area contributed by atoms with Crippen LogP contribution in [0.4, 0.5) is 0 Å². The molecule has 0 aliphatic heterocycles. The van der Waals surface area contributed by atoms with Gasteiger partial charge in [-0.2, -0.15) is 0 Å². The van der Waals surface area contributed by atoms with Gasteiger partial charge in [0.15, 0.2) is 0 Å². The molecular weight excluding hydrogens is 270 g/mol. The summed E-state index contributed by atoms with van der Waals surface area (Å²) in [6, 6.07) is 14.8. The predicted molar refractivity (Wildman–Crippen MR) is 79.8 cm³/mol. The van der Waals surface area contributed by atoms with Crippen molar-refractivity contribution in [3.8, 4) is 17.2 Å². The van der Waals surface area contributed by atoms with Crippen molar-refractivity contribution in [3.05, 3.63) is 54.1 Å². The van der Waals surface area contributed by atoms with E-state index >= 15 is 0 Å². The number of hydrogen-bond donors (Lipinski definition) is 1. The second kappa shape index (κ2) is 7.79. The van der Waals surface area contributed by atoms with Crippen molar-refractivity contribution in [1.82, 2.24) is 0 Å². The summed E-state index contributed by atoms with van der Waals surface area (Å²) in [4.78, 5) is 0. The normalized spacial score (nSPS) is 10.5. The van der Waals surface area contributed by atoms with Crippen LogP contribution < -0.4 is 14.2 Å². The molecule has 2 rings (SSSR count). The summed E-state index contributed by atoms with van der Waals surface area (Å²) >= 11 is 0. The van der Waals surface area contributed by atoms with Crippen molar-refractivity contribution in [1.29, 1.82) is 0 Å². The number of rotatable bonds is 7. The minimum Gasteiger partial charge on any atom is -0.497 e. The van der Waals surface area contributed by atoms with Crippen LogP contribution in [0.25, 0.3) is 0 Å². The van der Waals surface area contributed by atoms with E-state index < -0.39 is 0 Å². The highest BCUT2D eigenvalue weighted by Gasteiger charge is 2.04. The molecule has 0 atom stereocenters. The molecule has 5 nitrogen and oxygen atoms in total. The molecule has 5 heteroatoms. The number of oxime groups is 1. The number of hydrogen-bond acceptors (Lipinski definition) is 5. The third kappa shape index (κ3) is 4.42. The molecule has 0 aliphatic carbocycles. The summed E-state index contributed by atoms with van der Waals surface area (Å²) in [5.41, 5.74) is 0.665. The molecular formula is C16H17NO4. The van der Waals surface area contributed by atoms with Crippen LogP contribution in [-0.2, 0) is 0 Å². The first-order valence-electron chi connectivity index (χ1n) is 6.49. The van der Waals surface area contributed by atoms with Crippen molar-refractivity contribution in [2.45, 2.75) is 0 Å². The molecule has 2 aromatic rings. The van der Waals surface area contributed by atoms with Crippen LogP contribution in [0.5, 0.6) is 17.2 Å². The highest BCUT2D eigenvalue weighted by Crippen LogP contribution is 2.23. The maximum Gasteiger partial charge on any atom is 0.132 e. The standard InChI is InChI=1S/C16H17NO4/c1-19-15-8-7-13(12-17-18)16(11-15)21-10-9-20-14-5-3-2-4-6-14/h2-8,11-12,18H,9-10H2,1H3/b17-12+. The molecule has 0 aromatic heterocycles. The molecule has 0 aliphatic rings. The van der Waals surface area contributed by atoms with Crippen molar-refractivity contribution < 1.29 is 19.4 Å². The number of methoxy groups -OCH3 is 1. The molecule has 0 bridgehead atoms. The fourth-order valence-corrected chi connectivity index (χ4v) is 1.76. The monoisotopic (exact) mass is 287 g/mol. The third-order valence-corrected chi connectivity index (χ3v) is 2.77.